The van der Waals surface area contributed by atoms with Crippen molar-refractivity contribution < 1.29 is 4.74 Å². The predicted molar refractivity (Wildman–Crippen MR) is 63.9 cm³/mol. The molecule has 0 saturated heterocycles. The van der Waals surface area contributed by atoms with E-state index in [4.69, 9.17) is 11.2 Å². The molecule has 0 saturated carbocycles. The molecule has 0 amide bonds. The van der Waals surface area contributed by atoms with Crippen molar-refractivity contribution in [1.82, 2.24) is 0 Å². The van der Waals surface area contributed by atoms with Crippen LogP contribution in [-0.4, -0.2) is 0 Å². The minimum Gasteiger partial charge on any atom is -0.453 e. The van der Waals surface area contributed by atoms with E-state index in [1.807, 2.05) is 48.5 Å². The molecule has 0 bridgehead atoms. The van der Waals surface area contributed by atoms with Crippen molar-refractivity contribution in [3.63, 3.8) is 0 Å². The van der Waals surface area contributed by atoms with Crippen LogP contribution in [0.25, 0.3) is 0 Å². The lowest BCUT2D eigenvalue weighted by Crippen LogP contribution is -2.14. The monoisotopic (exact) mass is 207 g/mol. The summed E-state index contributed by atoms with van der Waals surface area (Å²) < 4.78 is 5.77. The van der Waals surface area contributed by atoms with Crippen LogP contribution >= 0.6 is 0 Å². The van der Waals surface area contributed by atoms with Crippen LogP contribution in [-0.2, 0) is 0 Å². The molecule has 1 heterocycles. The van der Waals surface area contributed by atoms with Crippen molar-refractivity contribution >= 4 is 11.4 Å². The minimum atomic E-state index is 0.791. The van der Waals surface area contributed by atoms with E-state index in [9.17, 15) is 0 Å². The van der Waals surface area contributed by atoms with Crippen LogP contribution in [0.15, 0.2) is 48.5 Å². The third kappa shape index (κ3) is 1.15. The van der Waals surface area contributed by atoms with E-state index in [0.29, 0.717) is 0 Å². The van der Waals surface area contributed by atoms with Crippen LogP contribution in [0, 0.1) is 12.5 Å². The fourth-order valence-corrected chi connectivity index (χ4v) is 1.84. The number of hydrogen-bond donors (Lipinski definition) is 0. The minimum absolute atomic E-state index is 0.791. The second-order valence-electron chi connectivity index (χ2n) is 3.50. The number of hydrogen-bond acceptors (Lipinski definition) is 2. The summed E-state index contributed by atoms with van der Waals surface area (Å²) in [6.07, 6.45) is 5.55. The van der Waals surface area contributed by atoms with Crippen molar-refractivity contribution in [3.05, 3.63) is 48.5 Å². The average Bonchev–Trinajstić information content (AvgIpc) is 2.36. The topological polar surface area (TPSA) is 12.5 Å². The zero-order valence-electron chi connectivity index (χ0n) is 8.55. The van der Waals surface area contributed by atoms with E-state index in [2.05, 4.69) is 6.04 Å². The molecule has 0 radical (unpaired) electrons. The van der Waals surface area contributed by atoms with Gasteiger partial charge in [0.1, 0.15) is 0 Å². The summed E-state index contributed by atoms with van der Waals surface area (Å²) in [5.74, 6) is 1.58. The molecule has 0 spiro atoms. The third-order valence-corrected chi connectivity index (χ3v) is 2.56. The van der Waals surface area contributed by atoms with Crippen molar-refractivity contribution in [2.45, 2.75) is 0 Å². The molecule has 1 aliphatic heterocycles. The molecule has 2 aromatic carbocycles. The van der Waals surface area contributed by atoms with Gasteiger partial charge >= 0.3 is 0 Å². The third-order valence-electron chi connectivity index (χ3n) is 2.56. The molecule has 0 N–H and O–H groups in total. The lowest BCUT2D eigenvalue weighted by Gasteiger charge is -2.27. The average molecular weight is 207 g/mol. The Hall–Kier alpha value is -2.40. The highest BCUT2D eigenvalue weighted by atomic mass is 16.5. The van der Waals surface area contributed by atoms with Crippen molar-refractivity contribution in [2.24, 2.45) is 0 Å². The summed E-state index contributed by atoms with van der Waals surface area (Å²) in [4.78, 5) is 1.80. The molecule has 1 aliphatic rings. The molecule has 76 valence electrons. The molecule has 2 aromatic rings. The molecular weight excluding hydrogens is 198 g/mol. The molecule has 2 heteroatoms. The summed E-state index contributed by atoms with van der Waals surface area (Å²) in [6.45, 7) is 0. The van der Waals surface area contributed by atoms with Gasteiger partial charge in [0, 0.05) is 6.04 Å². The normalized spacial score (nSPS) is 12.1. The van der Waals surface area contributed by atoms with Gasteiger partial charge in [-0.2, -0.15) is 0 Å². The number of fused-ring (bicyclic) bond motifs is 2. The first-order valence-corrected chi connectivity index (χ1v) is 5.02. The SMILES string of the molecule is C#CN1c2ccccc2Oc2ccccc21. The number of para-hydroxylation sites is 4. The first kappa shape index (κ1) is 8.87. The Labute approximate surface area is 94.1 Å². The van der Waals surface area contributed by atoms with Crippen LogP contribution in [0.1, 0.15) is 0 Å². The van der Waals surface area contributed by atoms with E-state index < -0.39 is 0 Å². The number of anilines is 2. The van der Waals surface area contributed by atoms with Crippen molar-refractivity contribution in [3.8, 4) is 24.0 Å². The number of nitrogens with zero attached hydrogens (tertiary/aromatic N) is 1. The van der Waals surface area contributed by atoms with Crippen LogP contribution < -0.4 is 9.64 Å². The number of terminal acetylenes is 1. The van der Waals surface area contributed by atoms with Crippen molar-refractivity contribution in [1.29, 1.82) is 0 Å². The van der Waals surface area contributed by atoms with E-state index >= 15 is 0 Å². The maximum atomic E-state index is 5.77. The smallest absolute Gasteiger partial charge is 0.152 e. The van der Waals surface area contributed by atoms with Gasteiger partial charge in [-0.15, -0.1) is 0 Å². The Morgan fingerprint density at radius 1 is 0.875 bits per heavy atom. The summed E-state index contributed by atoms with van der Waals surface area (Å²) in [7, 11) is 0. The summed E-state index contributed by atoms with van der Waals surface area (Å²) in [6, 6.07) is 18.1. The molecule has 0 aliphatic carbocycles. The fraction of sp³-hybridized carbons (Fsp3) is 0. The standard InChI is InChI=1S/C14H9NO/c1-2-15-11-7-3-5-9-13(11)16-14-10-6-4-8-12(14)15/h1,3-10H. The second kappa shape index (κ2) is 3.32. The predicted octanol–water partition coefficient (Wildman–Crippen LogP) is 3.52. The lowest BCUT2D eigenvalue weighted by molar-refractivity contribution is 0.477. The largest absolute Gasteiger partial charge is 0.453 e. The highest BCUT2D eigenvalue weighted by Crippen LogP contribution is 2.45. The zero-order chi connectivity index (χ0) is 11.0. The van der Waals surface area contributed by atoms with Gasteiger partial charge in [-0.1, -0.05) is 30.7 Å². The number of ether oxygens (including phenoxy) is 1. The fourth-order valence-electron chi connectivity index (χ4n) is 1.84. The molecule has 16 heavy (non-hydrogen) atoms. The molecule has 0 atom stereocenters. The quantitative estimate of drug-likeness (QED) is 0.613. The number of benzene rings is 2. The molecule has 2 nitrogen and oxygen atoms in total. The molecular formula is C14H9NO. The summed E-state index contributed by atoms with van der Waals surface area (Å²) >= 11 is 0. The Morgan fingerprint density at radius 3 is 1.88 bits per heavy atom. The van der Waals surface area contributed by atoms with Crippen LogP contribution in [0.2, 0.25) is 0 Å². The van der Waals surface area contributed by atoms with Gasteiger partial charge in [0.25, 0.3) is 0 Å². The summed E-state index contributed by atoms with van der Waals surface area (Å²) in [5.41, 5.74) is 1.81. The first-order chi connectivity index (χ1) is 7.90. The Kier molecular flexibility index (Phi) is 1.84. The maximum absolute atomic E-state index is 5.77. The summed E-state index contributed by atoms with van der Waals surface area (Å²) in [5, 5.41) is 0. The first-order valence-electron chi connectivity index (χ1n) is 5.02. The van der Waals surface area contributed by atoms with Crippen LogP contribution in [0.5, 0.6) is 11.5 Å². The van der Waals surface area contributed by atoms with Crippen molar-refractivity contribution in [2.75, 3.05) is 4.90 Å². The van der Waals surface area contributed by atoms with Gasteiger partial charge in [0.15, 0.2) is 11.5 Å². The zero-order valence-corrected chi connectivity index (χ0v) is 8.55. The molecule has 3 rings (SSSR count). The van der Waals surface area contributed by atoms with Crippen LogP contribution in [0.3, 0.4) is 0 Å². The van der Waals surface area contributed by atoms with E-state index in [-0.39, 0.29) is 0 Å². The van der Waals surface area contributed by atoms with E-state index in [1.165, 1.54) is 0 Å². The molecule has 0 aromatic heterocycles. The molecule has 0 fully saturated rings. The van der Waals surface area contributed by atoms with Gasteiger partial charge in [-0.3, -0.25) is 4.90 Å². The van der Waals surface area contributed by atoms with Gasteiger partial charge in [0.2, 0.25) is 0 Å². The Bertz CT molecular complexity index is 538. The van der Waals surface area contributed by atoms with Gasteiger partial charge in [-0.25, -0.2) is 0 Å². The lowest BCUT2D eigenvalue weighted by atomic mass is 10.2. The highest BCUT2D eigenvalue weighted by Gasteiger charge is 2.21. The van der Waals surface area contributed by atoms with Gasteiger partial charge in [0.05, 0.1) is 11.4 Å². The highest BCUT2D eigenvalue weighted by molar-refractivity contribution is 5.80. The Balaban J connectivity index is 2.24. The van der Waals surface area contributed by atoms with Crippen LogP contribution in [0.4, 0.5) is 11.4 Å². The Morgan fingerprint density at radius 2 is 1.38 bits per heavy atom. The van der Waals surface area contributed by atoms with Gasteiger partial charge < -0.3 is 4.74 Å². The van der Waals surface area contributed by atoms with E-state index in [1.54, 1.807) is 4.90 Å². The van der Waals surface area contributed by atoms with E-state index in [0.717, 1.165) is 22.9 Å². The number of rotatable bonds is 0. The van der Waals surface area contributed by atoms with Gasteiger partial charge in [-0.05, 0) is 24.3 Å². The second-order valence-corrected chi connectivity index (χ2v) is 3.50. The molecule has 0 unspecified atom stereocenters. The maximum Gasteiger partial charge on any atom is 0.152 e.